The molecule has 0 N–H and O–H groups in total. The molecule has 0 unspecified atom stereocenters. The molecule has 0 atom stereocenters. The first-order valence-electron chi connectivity index (χ1n) is 8.18. The fourth-order valence-electron chi connectivity index (χ4n) is 2.68. The Morgan fingerprint density at radius 2 is 1.73 bits per heavy atom. The van der Waals surface area contributed by atoms with Crippen molar-refractivity contribution in [3.05, 3.63) is 76.9 Å². The summed E-state index contributed by atoms with van der Waals surface area (Å²) >= 11 is 5.86. The van der Waals surface area contributed by atoms with Gasteiger partial charge in [0, 0.05) is 17.7 Å². The predicted octanol–water partition coefficient (Wildman–Crippen LogP) is 3.65. The van der Waals surface area contributed by atoms with E-state index in [0.717, 1.165) is 5.69 Å². The molecule has 0 aliphatic carbocycles. The molecule has 0 bridgehead atoms. The van der Waals surface area contributed by atoms with Gasteiger partial charge in [-0.15, -0.1) is 24.0 Å². The molecule has 132 valence electrons. The van der Waals surface area contributed by atoms with Crippen molar-refractivity contribution in [3.8, 4) is 5.69 Å². The predicted molar refractivity (Wildman–Crippen MR) is 103 cm³/mol. The number of rotatable bonds is 6. The summed E-state index contributed by atoms with van der Waals surface area (Å²) in [6, 6.07) is 14.7. The van der Waals surface area contributed by atoms with E-state index in [-0.39, 0.29) is 18.2 Å². The van der Waals surface area contributed by atoms with Crippen LogP contribution >= 0.6 is 24.0 Å². The summed E-state index contributed by atoms with van der Waals surface area (Å²) in [6.07, 6.45) is 3.76. The van der Waals surface area contributed by atoms with E-state index in [0.29, 0.717) is 26.8 Å². The third-order valence-corrected chi connectivity index (χ3v) is 5.31. The van der Waals surface area contributed by atoms with E-state index in [1.807, 2.05) is 53.4 Å². The van der Waals surface area contributed by atoms with Gasteiger partial charge in [0.1, 0.15) is 4.21 Å². The van der Waals surface area contributed by atoms with Crippen LogP contribution in [0.3, 0.4) is 0 Å². The molecule has 0 radical (unpaired) electrons. The van der Waals surface area contributed by atoms with E-state index in [1.165, 1.54) is 11.3 Å². The van der Waals surface area contributed by atoms with Crippen LogP contribution in [0.4, 0.5) is 0 Å². The summed E-state index contributed by atoms with van der Waals surface area (Å²) in [4.78, 5) is 25.7. The lowest BCUT2D eigenvalue weighted by Gasteiger charge is -2.05. The summed E-state index contributed by atoms with van der Waals surface area (Å²) in [6.45, 7) is 2.06. The maximum Gasteiger partial charge on any atom is 0.310 e. The van der Waals surface area contributed by atoms with E-state index >= 15 is 0 Å². The second-order valence-corrected chi connectivity index (χ2v) is 7.29. The Labute approximate surface area is 161 Å². The van der Waals surface area contributed by atoms with E-state index in [9.17, 15) is 9.59 Å². The fraction of sp³-hybridized carbons (Fsp3) is 0.150. The molecule has 3 aromatic rings. The largest absolute Gasteiger partial charge is 0.466 e. The lowest BCUT2D eigenvalue weighted by Crippen LogP contribution is -2.31. The number of hydrogen-bond acceptors (Lipinski definition) is 5. The van der Waals surface area contributed by atoms with Gasteiger partial charge in [-0.2, -0.15) is 4.57 Å². The van der Waals surface area contributed by atoms with E-state index in [2.05, 4.69) is 12.6 Å². The van der Waals surface area contributed by atoms with Crippen molar-refractivity contribution in [1.82, 2.24) is 0 Å². The number of carbonyl (C=O) groups is 2. The zero-order chi connectivity index (χ0) is 18.5. The minimum atomic E-state index is -0.362. The smallest absolute Gasteiger partial charge is 0.310 e. The third-order valence-electron chi connectivity index (χ3n) is 3.80. The first-order chi connectivity index (χ1) is 12.6. The standard InChI is InChI=1S/C20H17NO3S2/c1-2-24-16(22)13-15-17(21-11-7-4-8-12-21)20(25)26-19(15)18(23)14-9-5-3-6-10-14/h3-12H,2,13H2,1H3/p+1. The van der Waals surface area contributed by atoms with Gasteiger partial charge in [0.2, 0.25) is 11.5 Å². The number of nitrogens with zero attached hydrogens (tertiary/aromatic N) is 1. The van der Waals surface area contributed by atoms with Crippen LogP contribution in [0, 0.1) is 0 Å². The molecule has 1 aromatic carbocycles. The number of ether oxygens (including phenoxy) is 1. The number of pyridine rings is 1. The quantitative estimate of drug-likeness (QED) is 0.305. The zero-order valence-electron chi connectivity index (χ0n) is 14.2. The van der Waals surface area contributed by atoms with Gasteiger partial charge in [0.05, 0.1) is 23.5 Å². The SMILES string of the molecule is CCOC(=O)Cc1c(C(=O)c2ccccc2)sc(S)c1-[n+]1ccccc1. The van der Waals surface area contributed by atoms with Gasteiger partial charge in [-0.05, 0) is 6.92 Å². The van der Waals surface area contributed by atoms with Gasteiger partial charge in [0.15, 0.2) is 12.4 Å². The van der Waals surface area contributed by atoms with E-state index in [4.69, 9.17) is 4.74 Å². The Kier molecular flexibility index (Phi) is 5.85. The van der Waals surface area contributed by atoms with Crippen molar-refractivity contribution in [3.63, 3.8) is 0 Å². The molecule has 2 heterocycles. The minimum Gasteiger partial charge on any atom is -0.466 e. The van der Waals surface area contributed by atoms with Crippen molar-refractivity contribution in [2.45, 2.75) is 17.6 Å². The molecule has 0 fully saturated rings. The molecule has 4 nitrogen and oxygen atoms in total. The Balaban J connectivity index is 2.12. The number of hydrogen-bond donors (Lipinski definition) is 1. The van der Waals surface area contributed by atoms with Crippen LogP contribution < -0.4 is 4.57 Å². The average molecular weight is 385 g/mol. The Morgan fingerprint density at radius 3 is 2.38 bits per heavy atom. The van der Waals surface area contributed by atoms with Crippen LogP contribution in [0.15, 0.2) is 65.1 Å². The normalized spacial score (nSPS) is 10.5. The highest BCUT2D eigenvalue weighted by molar-refractivity contribution is 7.83. The van der Waals surface area contributed by atoms with Gasteiger partial charge >= 0.3 is 5.97 Å². The second-order valence-electron chi connectivity index (χ2n) is 5.52. The van der Waals surface area contributed by atoms with Crippen molar-refractivity contribution in [1.29, 1.82) is 0 Å². The maximum atomic E-state index is 13.0. The molecule has 3 rings (SSSR count). The molecule has 0 spiro atoms. The number of ketones is 1. The zero-order valence-corrected chi connectivity index (χ0v) is 15.9. The van der Waals surface area contributed by atoms with Crippen molar-refractivity contribution >= 4 is 35.7 Å². The lowest BCUT2D eigenvalue weighted by molar-refractivity contribution is -0.598. The molecule has 0 saturated carbocycles. The van der Waals surface area contributed by atoms with Crippen molar-refractivity contribution in [2.75, 3.05) is 6.61 Å². The summed E-state index contributed by atoms with van der Waals surface area (Å²) in [7, 11) is 0. The topological polar surface area (TPSA) is 47.3 Å². The molecular weight excluding hydrogens is 366 g/mol. The molecule has 0 amide bonds. The molecule has 6 heteroatoms. The number of thiol groups is 1. The fourth-order valence-corrected chi connectivity index (χ4v) is 4.23. The van der Waals surface area contributed by atoms with Crippen molar-refractivity contribution in [2.24, 2.45) is 0 Å². The van der Waals surface area contributed by atoms with Crippen LogP contribution in [0.2, 0.25) is 0 Å². The Hall–Kier alpha value is -2.44. The molecule has 2 aromatic heterocycles. The highest BCUT2D eigenvalue weighted by atomic mass is 32.2. The number of aromatic nitrogens is 1. The molecule has 0 aliphatic heterocycles. The van der Waals surface area contributed by atoms with Gasteiger partial charge < -0.3 is 4.74 Å². The van der Waals surface area contributed by atoms with Crippen LogP contribution in [-0.4, -0.2) is 18.4 Å². The van der Waals surface area contributed by atoms with Gasteiger partial charge in [0.25, 0.3) is 0 Å². The highest BCUT2D eigenvalue weighted by Crippen LogP contribution is 2.34. The summed E-state index contributed by atoms with van der Waals surface area (Å²) in [5.74, 6) is -0.480. The summed E-state index contributed by atoms with van der Waals surface area (Å²) in [5, 5.41) is 0. The summed E-state index contributed by atoms with van der Waals surface area (Å²) in [5.41, 5.74) is 1.96. The van der Waals surface area contributed by atoms with Gasteiger partial charge in [-0.1, -0.05) is 36.4 Å². The second kappa shape index (κ2) is 8.29. The lowest BCUT2D eigenvalue weighted by atomic mass is 10.0. The van der Waals surface area contributed by atoms with Crippen LogP contribution in [0.1, 0.15) is 27.7 Å². The number of carbonyl (C=O) groups excluding carboxylic acids is 2. The minimum absolute atomic E-state index is 0.0238. The number of thiophene rings is 1. The van der Waals surface area contributed by atoms with Crippen LogP contribution in [0.25, 0.3) is 5.69 Å². The highest BCUT2D eigenvalue weighted by Gasteiger charge is 2.30. The molecule has 26 heavy (non-hydrogen) atoms. The van der Waals surface area contributed by atoms with E-state index in [1.54, 1.807) is 19.1 Å². The van der Waals surface area contributed by atoms with Crippen LogP contribution in [0.5, 0.6) is 0 Å². The maximum absolute atomic E-state index is 13.0. The first-order valence-corrected chi connectivity index (χ1v) is 9.44. The number of benzene rings is 1. The molecule has 0 saturated heterocycles. The van der Waals surface area contributed by atoms with Gasteiger partial charge in [-0.25, -0.2) is 0 Å². The number of esters is 1. The monoisotopic (exact) mass is 384 g/mol. The van der Waals surface area contributed by atoms with Crippen molar-refractivity contribution < 1.29 is 18.9 Å². The molecular formula is C20H18NO3S2+. The van der Waals surface area contributed by atoms with Gasteiger partial charge in [-0.3, -0.25) is 9.59 Å². The Morgan fingerprint density at radius 1 is 1.08 bits per heavy atom. The molecule has 0 aliphatic rings. The summed E-state index contributed by atoms with van der Waals surface area (Å²) < 4.78 is 7.66. The average Bonchev–Trinajstić information content (AvgIpc) is 2.98. The third kappa shape index (κ3) is 3.86. The first kappa shape index (κ1) is 18.4. The Bertz CT molecular complexity index is 921. The van der Waals surface area contributed by atoms with Crippen LogP contribution in [-0.2, 0) is 16.0 Å². The van der Waals surface area contributed by atoms with E-state index < -0.39 is 0 Å².